The zero-order valence-electron chi connectivity index (χ0n) is 21.3. The van der Waals surface area contributed by atoms with Gasteiger partial charge in [0.1, 0.15) is 18.1 Å². The molecule has 3 amide bonds. The maximum Gasteiger partial charge on any atom is 0.327 e. The largest absolute Gasteiger partial charge is 0.480 e. The predicted molar refractivity (Wildman–Crippen MR) is 150 cm³/mol. The Bertz CT molecular complexity index is 1080. The van der Waals surface area contributed by atoms with E-state index in [9.17, 15) is 24.3 Å². The second-order valence-electron chi connectivity index (χ2n) is 8.97. The summed E-state index contributed by atoms with van der Waals surface area (Å²) in [5.74, 6) is -2.52. The van der Waals surface area contributed by atoms with Crippen LogP contribution in [0.15, 0.2) is 30.5 Å². The number of fused-ring (bicyclic) bond motifs is 1. The molecule has 7 N–H and O–H groups in total. The molecule has 1 aromatic carbocycles. The van der Waals surface area contributed by atoms with Crippen molar-refractivity contribution in [3.05, 3.63) is 36.0 Å². The van der Waals surface area contributed by atoms with Gasteiger partial charge in [-0.25, -0.2) is 4.79 Å². The third kappa shape index (κ3) is 8.68. The predicted octanol–water partition coefficient (Wildman–Crippen LogP) is 1.31. The van der Waals surface area contributed by atoms with Crippen molar-refractivity contribution < 1.29 is 24.3 Å². The first-order valence-electron chi connectivity index (χ1n) is 12.2. The van der Waals surface area contributed by atoms with Crippen LogP contribution in [0.4, 0.5) is 0 Å². The van der Waals surface area contributed by atoms with Crippen LogP contribution in [0.2, 0.25) is 0 Å². The van der Waals surface area contributed by atoms with Gasteiger partial charge in [0.2, 0.25) is 17.7 Å². The van der Waals surface area contributed by atoms with Gasteiger partial charge in [-0.05, 0) is 36.0 Å². The SMILES string of the molecule is CCC(C)C(NC(=O)C(N)CCSC)C(=O)NC(Cc1c[nH]c2ccccc12)C(=O)NC(CS)C(=O)O. The standard InChI is InChI=1S/C25H37N5O5S2/c1-4-14(2)21(30-22(31)17(26)9-10-37-3)24(33)28-19(23(32)29-20(13-36)25(34)35)11-15-12-27-18-8-6-5-7-16(15)18/h5-8,12,14,17,19-21,27,36H,4,9-11,13,26H2,1-3H3,(H,28,33)(H,29,32)(H,30,31)(H,34,35). The Labute approximate surface area is 226 Å². The highest BCUT2D eigenvalue weighted by atomic mass is 32.2. The summed E-state index contributed by atoms with van der Waals surface area (Å²) in [4.78, 5) is 53.9. The number of rotatable bonds is 15. The number of aliphatic carboxylic acids is 1. The van der Waals surface area contributed by atoms with Crippen molar-refractivity contribution in [2.75, 3.05) is 17.8 Å². The van der Waals surface area contributed by atoms with Gasteiger partial charge in [-0.1, -0.05) is 38.5 Å². The summed E-state index contributed by atoms with van der Waals surface area (Å²) in [6, 6.07) is 3.53. The van der Waals surface area contributed by atoms with Crippen LogP contribution in [-0.4, -0.2) is 75.7 Å². The lowest BCUT2D eigenvalue weighted by atomic mass is 9.96. The van der Waals surface area contributed by atoms with E-state index in [4.69, 9.17) is 5.73 Å². The number of thioether (sulfide) groups is 1. The van der Waals surface area contributed by atoms with Crippen LogP contribution in [0.1, 0.15) is 32.3 Å². The maximum atomic E-state index is 13.4. The van der Waals surface area contributed by atoms with Crippen molar-refractivity contribution in [2.24, 2.45) is 11.7 Å². The summed E-state index contributed by atoms with van der Waals surface area (Å²) in [5.41, 5.74) is 7.64. The number of H-pyrrole nitrogens is 1. The molecular weight excluding hydrogens is 514 g/mol. The molecule has 0 radical (unpaired) electrons. The molecule has 1 aromatic heterocycles. The summed E-state index contributed by atoms with van der Waals surface area (Å²) >= 11 is 5.58. The van der Waals surface area contributed by atoms with Crippen LogP contribution in [0.3, 0.4) is 0 Å². The van der Waals surface area contributed by atoms with Crippen molar-refractivity contribution in [1.29, 1.82) is 0 Å². The second kappa shape index (κ2) is 14.9. The average molecular weight is 552 g/mol. The van der Waals surface area contributed by atoms with Crippen LogP contribution in [0.5, 0.6) is 0 Å². The van der Waals surface area contributed by atoms with Crippen LogP contribution in [-0.2, 0) is 25.6 Å². The number of aromatic nitrogens is 1. The van der Waals surface area contributed by atoms with Crippen molar-refractivity contribution in [3.63, 3.8) is 0 Å². The third-order valence-corrected chi connectivity index (χ3v) is 7.30. The molecule has 10 nitrogen and oxygen atoms in total. The number of nitrogens with one attached hydrogen (secondary N) is 4. The number of hydrogen-bond donors (Lipinski definition) is 7. The number of amides is 3. The van der Waals surface area contributed by atoms with Crippen molar-refractivity contribution in [1.82, 2.24) is 20.9 Å². The lowest BCUT2D eigenvalue weighted by molar-refractivity contribution is -0.141. The van der Waals surface area contributed by atoms with Gasteiger partial charge in [-0.15, -0.1) is 0 Å². The maximum absolute atomic E-state index is 13.4. The van der Waals surface area contributed by atoms with Crippen LogP contribution in [0, 0.1) is 5.92 Å². The number of carboxylic acids is 1. The Morgan fingerprint density at radius 2 is 1.76 bits per heavy atom. The number of thiol groups is 1. The third-order valence-electron chi connectivity index (χ3n) is 6.29. The summed E-state index contributed by atoms with van der Waals surface area (Å²) < 4.78 is 0. The molecule has 0 aliphatic rings. The fourth-order valence-electron chi connectivity index (χ4n) is 3.79. The number of carbonyl (C=O) groups excluding carboxylic acids is 3. The first kappa shape index (κ1) is 30.5. The molecular formula is C25H37N5O5S2. The number of carboxylic acid groups (broad SMARTS) is 1. The Kier molecular flexibility index (Phi) is 12.3. The van der Waals surface area contributed by atoms with Gasteiger partial charge in [0.05, 0.1) is 6.04 Å². The second-order valence-corrected chi connectivity index (χ2v) is 10.3. The molecule has 5 atom stereocenters. The highest BCUT2D eigenvalue weighted by Gasteiger charge is 2.32. The Morgan fingerprint density at radius 1 is 1.08 bits per heavy atom. The Morgan fingerprint density at radius 3 is 2.38 bits per heavy atom. The summed E-state index contributed by atoms with van der Waals surface area (Å²) in [6.45, 7) is 3.72. The normalized spacial score (nSPS) is 15.3. The van der Waals surface area contributed by atoms with E-state index >= 15 is 0 Å². The minimum absolute atomic E-state index is 0.106. The molecule has 204 valence electrons. The van der Waals surface area contributed by atoms with Gasteiger partial charge >= 0.3 is 5.97 Å². The van der Waals surface area contributed by atoms with Gasteiger partial charge in [0, 0.05) is 29.3 Å². The molecule has 2 rings (SSSR count). The highest BCUT2D eigenvalue weighted by Crippen LogP contribution is 2.19. The molecule has 0 aliphatic heterocycles. The summed E-state index contributed by atoms with van der Waals surface area (Å²) in [5, 5.41) is 18.2. The summed E-state index contributed by atoms with van der Waals surface area (Å²) in [7, 11) is 0. The molecule has 0 saturated heterocycles. The minimum atomic E-state index is -1.23. The van der Waals surface area contributed by atoms with Gasteiger partial charge < -0.3 is 31.8 Å². The van der Waals surface area contributed by atoms with E-state index in [-0.39, 0.29) is 18.1 Å². The molecule has 2 aromatic rings. The quantitative estimate of drug-likeness (QED) is 0.164. The molecule has 0 fully saturated rings. The van der Waals surface area contributed by atoms with E-state index in [1.54, 1.807) is 18.0 Å². The van der Waals surface area contributed by atoms with Gasteiger partial charge in [0.15, 0.2) is 0 Å². The fourth-order valence-corrected chi connectivity index (χ4v) is 4.52. The number of aromatic amines is 1. The Balaban J connectivity index is 2.29. The molecule has 0 bridgehead atoms. The molecule has 0 spiro atoms. The van der Waals surface area contributed by atoms with Crippen LogP contribution < -0.4 is 21.7 Å². The van der Waals surface area contributed by atoms with Gasteiger partial charge in [0.25, 0.3) is 0 Å². The van der Waals surface area contributed by atoms with E-state index < -0.39 is 47.9 Å². The van der Waals surface area contributed by atoms with E-state index in [0.29, 0.717) is 18.6 Å². The van der Waals surface area contributed by atoms with Gasteiger partial charge in [-0.3, -0.25) is 14.4 Å². The number of nitrogens with two attached hydrogens (primary N) is 1. The van der Waals surface area contributed by atoms with Crippen molar-refractivity contribution in [2.45, 2.75) is 57.3 Å². The number of carbonyl (C=O) groups is 4. The fraction of sp³-hybridized carbons (Fsp3) is 0.520. The van der Waals surface area contributed by atoms with E-state index in [1.807, 2.05) is 44.4 Å². The van der Waals surface area contributed by atoms with E-state index in [2.05, 4.69) is 33.6 Å². The molecule has 37 heavy (non-hydrogen) atoms. The van der Waals surface area contributed by atoms with E-state index in [0.717, 1.165) is 16.5 Å². The average Bonchev–Trinajstić information content (AvgIpc) is 3.30. The monoisotopic (exact) mass is 551 g/mol. The van der Waals surface area contributed by atoms with E-state index in [1.165, 1.54) is 0 Å². The zero-order chi connectivity index (χ0) is 27.5. The van der Waals surface area contributed by atoms with Gasteiger partial charge in [-0.2, -0.15) is 24.4 Å². The molecule has 0 saturated carbocycles. The molecule has 12 heteroatoms. The topological polar surface area (TPSA) is 166 Å². The molecule has 5 unspecified atom stereocenters. The smallest absolute Gasteiger partial charge is 0.327 e. The number of benzene rings is 1. The highest BCUT2D eigenvalue weighted by molar-refractivity contribution is 7.98. The van der Waals surface area contributed by atoms with Crippen LogP contribution >= 0.6 is 24.4 Å². The lowest BCUT2D eigenvalue weighted by Crippen LogP contribution is -2.59. The van der Waals surface area contributed by atoms with Crippen molar-refractivity contribution >= 4 is 59.0 Å². The minimum Gasteiger partial charge on any atom is -0.480 e. The first-order valence-corrected chi connectivity index (χ1v) is 14.2. The Hall–Kier alpha value is -2.70. The number of para-hydroxylation sites is 1. The lowest BCUT2D eigenvalue weighted by Gasteiger charge is -2.28. The summed E-state index contributed by atoms with van der Waals surface area (Å²) in [6.07, 6.45) is 4.84. The zero-order valence-corrected chi connectivity index (χ0v) is 23.0. The van der Waals surface area contributed by atoms with Crippen LogP contribution in [0.25, 0.3) is 10.9 Å². The molecule has 0 aliphatic carbocycles. The van der Waals surface area contributed by atoms with Crippen molar-refractivity contribution in [3.8, 4) is 0 Å². The number of hydrogen-bond acceptors (Lipinski definition) is 7. The first-order chi connectivity index (χ1) is 17.6. The molecule has 1 heterocycles.